The Labute approximate surface area is 139 Å². The second-order valence-corrected chi connectivity index (χ2v) is 6.52. The van der Waals surface area contributed by atoms with Gasteiger partial charge in [-0.2, -0.15) is 0 Å². The summed E-state index contributed by atoms with van der Waals surface area (Å²) < 4.78 is 6.22. The van der Waals surface area contributed by atoms with Crippen molar-refractivity contribution in [2.45, 2.75) is 13.0 Å². The average molecular weight is 375 g/mol. The number of methoxy groups -OCH3 is 1. The fourth-order valence-electron chi connectivity index (χ4n) is 2.57. The quantitative estimate of drug-likeness (QED) is 0.650. The maximum absolute atomic E-state index is 6.24. The number of benzene rings is 1. The summed E-state index contributed by atoms with van der Waals surface area (Å²) >= 11 is 9.66. The Balaban J connectivity index is 1.91. The van der Waals surface area contributed by atoms with Gasteiger partial charge in [0.2, 0.25) is 0 Å². The summed E-state index contributed by atoms with van der Waals surface area (Å²) in [6.45, 7) is 3.49. The standard InChI is InChI=1S/C15H21BrClN3O/c1-18-15(20-6-5-11(9-20)10-21-2)19-8-12-3-4-13(16)7-14(12)17/h3-4,7,11H,5-6,8-10H2,1-2H3,(H,18,19). The molecule has 1 aliphatic heterocycles. The van der Waals surface area contributed by atoms with Crippen LogP contribution in [-0.2, 0) is 11.3 Å². The highest BCUT2D eigenvalue weighted by atomic mass is 79.9. The van der Waals surface area contributed by atoms with Crippen LogP contribution >= 0.6 is 27.5 Å². The lowest BCUT2D eigenvalue weighted by molar-refractivity contribution is 0.157. The molecular formula is C15H21BrClN3O. The molecule has 1 aliphatic rings. The number of nitrogens with one attached hydrogen (secondary N) is 1. The number of likely N-dealkylation sites (tertiary alicyclic amines) is 1. The van der Waals surface area contributed by atoms with E-state index in [9.17, 15) is 0 Å². The summed E-state index contributed by atoms with van der Waals surface area (Å²) in [5.74, 6) is 1.51. The Kier molecular flexibility index (Phi) is 6.33. The Morgan fingerprint density at radius 1 is 1.57 bits per heavy atom. The van der Waals surface area contributed by atoms with Gasteiger partial charge in [0.1, 0.15) is 0 Å². The third-order valence-electron chi connectivity index (χ3n) is 3.65. The van der Waals surface area contributed by atoms with Crippen molar-refractivity contribution in [3.63, 3.8) is 0 Å². The molecule has 0 amide bonds. The van der Waals surface area contributed by atoms with Crippen molar-refractivity contribution in [2.24, 2.45) is 10.9 Å². The number of hydrogen-bond acceptors (Lipinski definition) is 2. The molecular weight excluding hydrogens is 354 g/mol. The maximum Gasteiger partial charge on any atom is 0.193 e. The molecule has 0 aliphatic carbocycles. The van der Waals surface area contributed by atoms with E-state index >= 15 is 0 Å². The summed E-state index contributed by atoms with van der Waals surface area (Å²) in [6, 6.07) is 5.92. The van der Waals surface area contributed by atoms with E-state index in [1.165, 1.54) is 0 Å². The number of ether oxygens (including phenoxy) is 1. The number of hydrogen-bond donors (Lipinski definition) is 1. The summed E-state index contributed by atoms with van der Waals surface area (Å²) in [4.78, 5) is 6.64. The van der Waals surface area contributed by atoms with Gasteiger partial charge in [0.15, 0.2) is 5.96 Å². The van der Waals surface area contributed by atoms with Crippen molar-refractivity contribution in [1.82, 2.24) is 10.2 Å². The molecule has 21 heavy (non-hydrogen) atoms. The van der Waals surface area contributed by atoms with Crippen molar-refractivity contribution in [3.05, 3.63) is 33.3 Å². The summed E-state index contributed by atoms with van der Waals surface area (Å²) in [5.41, 5.74) is 1.06. The van der Waals surface area contributed by atoms with E-state index in [4.69, 9.17) is 16.3 Å². The third kappa shape index (κ3) is 4.59. The molecule has 4 nitrogen and oxygen atoms in total. The number of rotatable bonds is 4. The van der Waals surface area contributed by atoms with Gasteiger partial charge in [0.25, 0.3) is 0 Å². The Bertz CT molecular complexity index is 510. The lowest BCUT2D eigenvalue weighted by Crippen LogP contribution is -2.39. The first kappa shape index (κ1) is 16.6. The molecule has 0 aromatic heterocycles. The van der Waals surface area contributed by atoms with Gasteiger partial charge >= 0.3 is 0 Å². The fourth-order valence-corrected chi connectivity index (χ4v) is 3.31. The van der Waals surface area contributed by atoms with E-state index in [0.717, 1.165) is 47.1 Å². The zero-order valence-corrected chi connectivity index (χ0v) is 14.7. The summed E-state index contributed by atoms with van der Waals surface area (Å²) in [5, 5.41) is 4.14. The van der Waals surface area contributed by atoms with E-state index in [1.807, 2.05) is 25.2 Å². The van der Waals surface area contributed by atoms with Gasteiger partial charge in [-0.05, 0) is 24.1 Å². The summed E-state index contributed by atoms with van der Waals surface area (Å²) in [7, 11) is 3.57. The fraction of sp³-hybridized carbons (Fsp3) is 0.533. The van der Waals surface area contributed by atoms with E-state index in [0.29, 0.717) is 12.5 Å². The molecule has 1 fully saturated rings. The highest BCUT2D eigenvalue weighted by Gasteiger charge is 2.24. The molecule has 116 valence electrons. The smallest absolute Gasteiger partial charge is 0.193 e. The first-order chi connectivity index (χ1) is 10.1. The van der Waals surface area contributed by atoms with Crippen molar-refractivity contribution < 1.29 is 4.74 Å². The van der Waals surface area contributed by atoms with Crippen LogP contribution in [0.3, 0.4) is 0 Å². The van der Waals surface area contributed by atoms with Gasteiger partial charge in [-0.1, -0.05) is 33.6 Å². The molecule has 1 heterocycles. The third-order valence-corrected chi connectivity index (χ3v) is 4.50. The van der Waals surface area contributed by atoms with E-state index in [1.54, 1.807) is 7.11 Å². The minimum Gasteiger partial charge on any atom is -0.384 e. The van der Waals surface area contributed by atoms with Gasteiger partial charge in [-0.3, -0.25) is 4.99 Å². The first-order valence-corrected chi connectivity index (χ1v) is 8.19. The first-order valence-electron chi connectivity index (χ1n) is 7.02. The highest BCUT2D eigenvalue weighted by molar-refractivity contribution is 9.10. The van der Waals surface area contributed by atoms with E-state index in [-0.39, 0.29) is 0 Å². The van der Waals surface area contributed by atoms with Crippen molar-refractivity contribution in [2.75, 3.05) is 33.9 Å². The van der Waals surface area contributed by atoms with E-state index in [2.05, 4.69) is 31.1 Å². The molecule has 1 unspecified atom stereocenters. The topological polar surface area (TPSA) is 36.9 Å². The van der Waals surface area contributed by atoms with Crippen LogP contribution in [0.4, 0.5) is 0 Å². The number of nitrogens with zero attached hydrogens (tertiary/aromatic N) is 2. The number of aliphatic imine (C=N–C) groups is 1. The summed E-state index contributed by atoms with van der Waals surface area (Å²) in [6.07, 6.45) is 1.15. The van der Waals surface area contributed by atoms with Gasteiger partial charge in [-0.25, -0.2) is 0 Å². The van der Waals surface area contributed by atoms with Crippen molar-refractivity contribution in [3.8, 4) is 0 Å². The van der Waals surface area contributed by atoms with Gasteiger partial charge in [0.05, 0.1) is 6.61 Å². The van der Waals surface area contributed by atoms with Crippen LogP contribution in [0, 0.1) is 5.92 Å². The van der Waals surface area contributed by atoms with Gasteiger partial charge in [-0.15, -0.1) is 0 Å². The molecule has 0 spiro atoms. The molecule has 1 aromatic rings. The molecule has 1 saturated heterocycles. The van der Waals surface area contributed by atoms with Crippen LogP contribution in [-0.4, -0.2) is 44.7 Å². The molecule has 0 saturated carbocycles. The lowest BCUT2D eigenvalue weighted by atomic mass is 10.1. The lowest BCUT2D eigenvalue weighted by Gasteiger charge is -2.22. The molecule has 0 bridgehead atoms. The Morgan fingerprint density at radius 3 is 3.05 bits per heavy atom. The molecule has 1 aromatic carbocycles. The van der Waals surface area contributed by atoms with Crippen molar-refractivity contribution in [1.29, 1.82) is 0 Å². The predicted octanol–water partition coefficient (Wildman–Crippen LogP) is 3.15. The molecule has 1 N–H and O–H groups in total. The molecule has 2 rings (SSSR count). The van der Waals surface area contributed by atoms with Gasteiger partial charge < -0.3 is 15.0 Å². The number of guanidine groups is 1. The second-order valence-electron chi connectivity index (χ2n) is 5.19. The van der Waals surface area contributed by atoms with Crippen LogP contribution in [0.1, 0.15) is 12.0 Å². The zero-order chi connectivity index (χ0) is 15.2. The molecule has 1 atom stereocenters. The van der Waals surface area contributed by atoms with Crippen LogP contribution in [0.15, 0.2) is 27.7 Å². The van der Waals surface area contributed by atoms with E-state index < -0.39 is 0 Å². The highest BCUT2D eigenvalue weighted by Crippen LogP contribution is 2.21. The normalized spacial score (nSPS) is 19.1. The Hall–Kier alpha value is -0.780. The van der Waals surface area contributed by atoms with Crippen LogP contribution in [0.25, 0.3) is 0 Å². The minimum absolute atomic E-state index is 0.588. The predicted molar refractivity (Wildman–Crippen MR) is 90.9 cm³/mol. The molecule has 6 heteroatoms. The largest absolute Gasteiger partial charge is 0.384 e. The van der Waals surface area contributed by atoms with Gasteiger partial charge in [0, 0.05) is 49.2 Å². The van der Waals surface area contributed by atoms with Crippen LogP contribution in [0.2, 0.25) is 5.02 Å². The van der Waals surface area contributed by atoms with Crippen LogP contribution < -0.4 is 5.32 Å². The van der Waals surface area contributed by atoms with Crippen molar-refractivity contribution >= 4 is 33.5 Å². The molecule has 0 radical (unpaired) electrons. The Morgan fingerprint density at radius 2 is 2.38 bits per heavy atom. The number of halogens is 2. The monoisotopic (exact) mass is 373 g/mol. The minimum atomic E-state index is 0.588. The second kappa shape index (κ2) is 8.01. The zero-order valence-electron chi connectivity index (χ0n) is 12.4. The van der Waals surface area contributed by atoms with Crippen LogP contribution in [0.5, 0.6) is 0 Å². The SMILES string of the molecule is CN=C(NCc1ccc(Br)cc1Cl)N1CCC(COC)C1. The average Bonchev–Trinajstić information content (AvgIpc) is 2.90. The maximum atomic E-state index is 6.24.